The summed E-state index contributed by atoms with van der Waals surface area (Å²) in [5.41, 5.74) is 2.07. The second-order valence-corrected chi connectivity index (χ2v) is 5.09. The first-order chi connectivity index (χ1) is 9.70. The summed E-state index contributed by atoms with van der Waals surface area (Å²) in [6, 6.07) is 7.67. The van der Waals surface area contributed by atoms with E-state index in [1.165, 1.54) is 5.56 Å². The van der Waals surface area contributed by atoms with E-state index >= 15 is 0 Å². The van der Waals surface area contributed by atoms with Crippen LogP contribution in [0.2, 0.25) is 0 Å². The second kappa shape index (κ2) is 7.38. The number of benzene rings is 1. The van der Waals surface area contributed by atoms with Gasteiger partial charge in [0, 0.05) is 12.8 Å². The van der Waals surface area contributed by atoms with E-state index in [-0.39, 0.29) is 11.9 Å². The number of ether oxygens (including phenoxy) is 1. The summed E-state index contributed by atoms with van der Waals surface area (Å²) >= 11 is 0. The number of nitrogens with one attached hydrogen (secondary N) is 2. The molecule has 1 aliphatic rings. The van der Waals surface area contributed by atoms with Crippen molar-refractivity contribution in [1.29, 1.82) is 0 Å². The van der Waals surface area contributed by atoms with Crippen molar-refractivity contribution in [3.8, 4) is 0 Å². The molecule has 0 aromatic heterocycles. The molecule has 1 aromatic carbocycles. The van der Waals surface area contributed by atoms with Crippen molar-refractivity contribution in [1.82, 2.24) is 5.32 Å². The van der Waals surface area contributed by atoms with Gasteiger partial charge in [-0.3, -0.25) is 4.79 Å². The van der Waals surface area contributed by atoms with Gasteiger partial charge in [-0.05, 0) is 37.4 Å². The first-order valence-corrected chi connectivity index (χ1v) is 7.00. The fourth-order valence-electron chi connectivity index (χ4n) is 2.41. The molecule has 1 aromatic rings. The predicted octanol–water partition coefficient (Wildman–Crippen LogP) is 0.927. The quantitative estimate of drug-likeness (QED) is 0.724. The molecule has 0 saturated carbocycles. The van der Waals surface area contributed by atoms with Crippen molar-refractivity contribution >= 4 is 11.6 Å². The molecule has 1 aliphatic heterocycles. The monoisotopic (exact) mass is 278 g/mol. The van der Waals surface area contributed by atoms with E-state index in [1.807, 2.05) is 24.3 Å². The van der Waals surface area contributed by atoms with Crippen molar-refractivity contribution in [3.63, 3.8) is 0 Å². The minimum atomic E-state index is -0.487. The maximum absolute atomic E-state index is 12.1. The highest BCUT2D eigenvalue weighted by Gasteiger charge is 2.22. The average molecular weight is 278 g/mol. The van der Waals surface area contributed by atoms with Crippen LogP contribution in [0.15, 0.2) is 24.3 Å². The highest BCUT2D eigenvalue weighted by Crippen LogP contribution is 2.21. The lowest BCUT2D eigenvalue weighted by Crippen LogP contribution is -2.41. The standard InChI is InChI=1S/C15H22N2O3/c1-20-10-12(18)8-9-16-14-7-6-11-4-2-3-5-13(11)17-15(14)19/h2-5,12,14,16,18H,6-10H2,1H3,(H,17,19). The number of methoxy groups -OCH3 is 1. The molecule has 0 spiro atoms. The Morgan fingerprint density at radius 1 is 1.50 bits per heavy atom. The first kappa shape index (κ1) is 15.0. The number of hydrogen-bond acceptors (Lipinski definition) is 4. The Labute approximate surface area is 119 Å². The van der Waals surface area contributed by atoms with E-state index in [0.717, 1.165) is 18.5 Å². The lowest BCUT2D eigenvalue weighted by Gasteiger charge is -2.16. The number of carbonyl (C=O) groups excluding carboxylic acids is 1. The Morgan fingerprint density at radius 2 is 2.30 bits per heavy atom. The molecule has 2 rings (SSSR count). The third kappa shape index (κ3) is 4.03. The van der Waals surface area contributed by atoms with Crippen molar-refractivity contribution in [2.45, 2.75) is 31.4 Å². The van der Waals surface area contributed by atoms with Gasteiger partial charge in [-0.25, -0.2) is 0 Å². The third-order valence-corrected chi connectivity index (χ3v) is 3.52. The van der Waals surface area contributed by atoms with Gasteiger partial charge in [-0.15, -0.1) is 0 Å². The van der Waals surface area contributed by atoms with Crippen molar-refractivity contribution in [2.24, 2.45) is 0 Å². The van der Waals surface area contributed by atoms with Gasteiger partial charge in [0.1, 0.15) is 0 Å². The van der Waals surface area contributed by atoms with Crippen molar-refractivity contribution in [2.75, 3.05) is 25.6 Å². The van der Waals surface area contributed by atoms with Crippen LogP contribution in [0, 0.1) is 0 Å². The highest BCUT2D eigenvalue weighted by molar-refractivity contribution is 5.96. The highest BCUT2D eigenvalue weighted by atomic mass is 16.5. The van der Waals surface area contributed by atoms with Crippen LogP contribution in [0.3, 0.4) is 0 Å². The summed E-state index contributed by atoms with van der Waals surface area (Å²) in [4.78, 5) is 12.1. The molecule has 2 unspecified atom stereocenters. The van der Waals surface area contributed by atoms with Crippen LogP contribution in [-0.2, 0) is 16.0 Å². The normalized spacial score (nSPS) is 19.9. The number of rotatable bonds is 6. The summed E-state index contributed by atoms with van der Waals surface area (Å²) in [6.07, 6.45) is 1.72. The molecule has 5 nitrogen and oxygen atoms in total. The minimum Gasteiger partial charge on any atom is -0.391 e. The molecule has 3 N–H and O–H groups in total. The zero-order chi connectivity index (χ0) is 14.4. The summed E-state index contributed by atoms with van der Waals surface area (Å²) in [5.74, 6) is -0.00354. The topological polar surface area (TPSA) is 70.6 Å². The van der Waals surface area contributed by atoms with Gasteiger partial charge < -0.3 is 20.5 Å². The predicted molar refractivity (Wildman–Crippen MR) is 77.7 cm³/mol. The minimum absolute atomic E-state index is 0.00354. The van der Waals surface area contributed by atoms with Gasteiger partial charge in [0.25, 0.3) is 0 Å². The molecule has 0 saturated heterocycles. The second-order valence-electron chi connectivity index (χ2n) is 5.09. The Hall–Kier alpha value is -1.43. The summed E-state index contributed by atoms with van der Waals surface area (Å²) in [7, 11) is 1.56. The molecule has 20 heavy (non-hydrogen) atoms. The van der Waals surface area contributed by atoms with E-state index in [0.29, 0.717) is 19.6 Å². The van der Waals surface area contributed by atoms with E-state index in [4.69, 9.17) is 4.74 Å². The average Bonchev–Trinajstić information content (AvgIpc) is 2.59. The number of aryl methyl sites for hydroxylation is 1. The molecule has 2 atom stereocenters. The lowest BCUT2D eigenvalue weighted by atomic mass is 10.1. The third-order valence-electron chi connectivity index (χ3n) is 3.52. The number of fused-ring (bicyclic) bond motifs is 1. The zero-order valence-electron chi connectivity index (χ0n) is 11.8. The Morgan fingerprint density at radius 3 is 3.10 bits per heavy atom. The fraction of sp³-hybridized carbons (Fsp3) is 0.533. The smallest absolute Gasteiger partial charge is 0.241 e. The molecule has 0 radical (unpaired) electrons. The largest absolute Gasteiger partial charge is 0.391 e. The van der Waals surface area contributed by atoms with E-state index in [1.54, 1.807) is 7.11 Å². The molecule has 5 heteroatoms. The van der Waals surface area contributed by atoms with Gasteiger partial charge in [-0.2, -0.15) is 0 Å². The van der Waals surface area contributed by atoms with E-state index in [2.05, 4.69) is 10.6 Å². The van der Waals surface area contributed by atoms with Crippen LogP contribution in [0.25, 0.3) is 0 Å². The van der Waals surface area contributed by atoms with E-state index < -0.39 is 6.10 Å². The number of amides is 1. The molecule has 0 aliphatic carbocycles. The van der Waals surface area contributed by atoms with Crippen molar-refractivity contribution in [3.05, 3.63) is 29.8 Å². The molecule has 0 fully saturated rings. The SMILES string of the molecule is COCC(O)CCNC1CCc2ccccc2NC1=O. The molecular formula is C15H22N2O3. The van der Waals surface area contributed by atoms with Crippen LogP contribution < -0.4 is 10.6 Å². The lowest BCUT2D eigenvalue weighted by molar-refractivity contribution is -0.118. The molecule has 1 heterocycles. The molecule has 1 amide bonds. The van der Waals surface area contributed by atoms with Crippen LogP contribution in [0.1, 0.15) is 18.4 Å². The first-order valence-electron chi connectivity index (χ1n) is 7.00. The van der Waals surface area contributed by atoms with Gasteiger partial charge in [-0.1, -0.05) is 18.2 Å². The summed E-state index contributed by atoms with van der Waals surface area (Å²) in [6.45, 7) is 0.920. The number of para-hydroxylation sites is 1. The van der Waals surface area contributed by atoms with Gasteiger partial charge in [0.2, 0.25) is 5.91 Å². The zero-order valence-corrected chi connectivity index (χ0v) is 11.8. The Kier molecular flexibility index (Phi) is 5.52. The Balaban J connectivity index is 1.84. The van der Waals surface area contributed by atoms with Gasteiger partial charge in [0.05, 0.1) is 18.8 Å². The number of aliphatic hydroxyl groups is 1. The maximum Gasteiger partial charge on any atom is 0.241 e. The molecule has 110 valence electrons. The maximum atomic E-state index is 12.1. The number of aliphatic hydroxyl groups excluding tert-OH is 1. The van der Waals surface area contributed by atoms with Gasteiger partial charge in [0.15, 0.2) is 0 Å². The fourth-order valence-corrected chi connectivity index (χ4v) is 2.41. The van der Waals surface area contributed by atoms with Crippen LogP contribution in [-0.4, -0.2) is 43.4 Å². The van der Waals surface area contributed by atoms with Crippen LogP contribution >= 0.6 is 0 Å². The van der Waals surface area contributed by atoms with Gasteiger partial charge >= 0.3 is 0 Å². The van der Waals surface area contributed by atoms with Crippen molar-refractivity contribution < 1.29 is 14.6 Å². The van der Waals surface area contributed by atoms with Crippen LogP contribution in [0.5, 0.6) is 0 Å². The van der Waals surface area contributed by atoms with E-state index in [9.17, 15) is 9.90 Å². The molecule has 0 bridgehead atoms. The molecular weight excluding hydrogens is 256 g/mol. The summed E-state index contributed by atoms with van der Waals surface area (Å²) in [5, 5.41) is 15.7. The summed E-state index contributed by atoms with van der Waals surface area (Å²) < 4.78 is 4.87. The Bertz CT molecular complexity index is 450. The van der Waals surface area contributed by atoms with Crippen LogP contribution in [0.4, 0.5) is 5.69 Å². The number of hydrogen-bond donors (Lipinski definition) is 3. The number of carbonyl (C=O) groups is 1. The number of anilines is 1.